The van der Waals surface area contributed by atoms with Crippen molar-refractivity contribution < 1.29 is 4.79 Å². The molecule has 2 N–H and O–H groups in total. The Morgan fingerprint density at radius 1 is 0.871 bits per heavy atom. The monoisotopic (exact) mass is 472 g/mol. The van der Waals surface area contributed by atoms with Gasteiger partial charge in [-0.25, -0.2) is 9.97 Å². The van der Waals surface area contributed by atoms with E-state index in [1.807, 2.05) is 86.6 Å². The second-order valence-corrected chi connectivity index (χ2v) is 8.09. The molecule has 5 nitrogen and oxygen atoms in total. The Bertz CT molecular complexity index is 1240. The van der Waals surface area contributed by atoms with E-state index in [9.17, 15) is 4.79 Å². The highest BCUT2D eigenvalue weighted by molar-refractivity contribution is 9.10. The first kappa shape index (κ1) is 20.8. The molecule has 0 bridgehead atoms. The van der Waals surface area contributed by atoms with Gasteiger partial charge in [-0.3, -0.25) is 4.79 Å². The maximum Gasteiger partial charge on any atom is 0.255 e. The Labute approximate surface area is 189 Å². The summed E-state index contributed by atoms with van der Waals surface area (Å²) in [4.78, 5) is 21.8. The van der Waals surface area contributed by atoms with Crippen LogP contribution in [0.5, 0.6) is 0 Å². The molecule has 0 saturated carbocycles. The fraction of sp³-hybridized carbons (Fsp3) is 0.0800. The van der Waals surface area contributed by atoms with Crippen LogP contribution in [-0.2, 0) is 0 Å². The number of benzene rings is 3. The summed E-state index contributed by atoms with van der Waals surface area (Å²) in [7, 11) is 0. The standard InChI is InChI=1S/C25H21BrN4O/c1-16-13-20(26)11-12-22(16)30-25(31)19-9-6-10-21(14-19)29-24-15-23(27-17(2)28-24)18-7-4-3-5-8-18/h3-15H,1-2H3,(H,30,31)(H,27,28,29). The van der Waals surface area contributed by atoms with Gasteiger partial charge in [0.2, 0.25) is 0 Å². The van der Waals surface area contributed by atoms with Crippen molar-refractivity contribution in [1.29, 1.82) is 0 Å². The molecule has 1 heterocycles. The fourth-order valence-electron chi connectivity index (χ4n) is 3.24. The lowest BCUT2D eigenvalue weighted by atomic mass is 10.1. The first-order valence-electron chi connectivity index (χ1n) is 9.83. The molecule has 1 amide bonds. The zero-order chi connectivity index (χ0) is 21.8. The van der Waals surface area contributed by atoms with Gasteiger partial charge in [-0.1, -0.05) is 52.3 Å². The molecular weight excluding hydrogens is 452 g/mol. The number of hydrogen-bond donors (Lipinski definition) is 2. The summed E-state index contributed by atoms with van der Waals surface area (Å²) in [6.45, 7) is 3.82. The van der Waals surface area contributed by atoms with Gasteiger partial charge in [0, 0.05) is 33.0 Å². The van der Waals surface area contributed by atoms with E-state index in [1.165, 1.54) is 0 Å². The minimum atomic E-state index is -0.169. The molecule has 0 aliphatic heterocycles. The fourth-order valence-corrected chi connectivity index (χ4v) is 3.71. The molecule has 31 heavy (non-hydrogen) atoms. The molecule has 6 heteroatoms. The molecule has 0 aliphatic carbocycles. The van der Waals surface area contributed by atoms with E-state index in [0.717, 1.165) is 32.7 Å². The van der Waals surface area contributed by atoms with Gasteiger partial charge >= 0.3 is 0 Å². The maximum atomic E-state index is 12.8. The number of amides is 1. The van der Waals surface area contributed by atoms with Crippen LogP contribution < -0.4 is 10.6 Å². The highest BCUT2D eigenvalue weighted by atomic mass is 79.9. The highest BCUT2D eigenvalue weighted by Crippen LogP contribution is 2.24. The SMILES string of the molecule is Cc1nc(Nc2cccc(C(=O)Nc3ccc(Br)cc3C)c2)cc(-c2ccccc2)n1. The average Bonchev–Trinajstić information content (AvgIpc) is 2.76. The largest absolute Gasteiger partial charge is 0.340 e. The Morgan fingerprint density at radius 2 is 1.68 bits per heavy atom. The van der Waals surface area contributed by atoms with Gasteiger partial charge in [0.05, 0.1) is 5.69 Å². The Balaban J connectivity index is 1.55. The van der Waals surface area contributed by atoms with Gasteiger partial charge in [-0.15, -0.1) is 0 Å². The minimum Gasteiger partial charge on any atom is -0.340 e. The van der Waals surface area contributed by atoms with Gasteiger partial charge < -0.3 is 10.6 Å². The number of hydrogen-bond acceptors (Lipinski definition) is 4. The lowest BCUT2D eigenvalue weighted by Gasteiger charge is -2.11. The normalized spacial score (nSPS) is 10.5. The van der Waals surface area contributed by atoms with Crippen molar-refractivity contribution in [3.8, 4) is 11.3 Å². The van der Waals surface area contributed by atoms with Gasteiger partial charge in [0.1, 0.15) is 11.6 Å². The van der Waals surface area contributed by atoms with E-state index in [0.29, 0.717) is 17.2 Å². The molecule has 1 aromatic heterocycles. The number of aryl methyl sites for hydroxylation is 2. The Kier molecular flexibility index (Phi) is 6.09. The van der Waals surface area contributed by atoms with Crippen LogP contribution in [0.2, 0.25) is 0 Å². The van der Waals surface area contributed by atoms with E-state index >= 15 is 0 Å². The van der Waals surface area contributed by atoms with Crippen molar-refractivity contribution in [2.24, 2.45) is 0 Å². The summed E-state index contributed by atoms with van der Waals surface area (Å²) in [6, 6.07) is 25.0. The molecule has 0 radical (unpaired) electrons. The average molecular weight is 473 g/mol. The summed E-state index contributed by atoms with van der Waals surface area (Å²) < 4.78 is 0.976. The van der Waals surface area contributed by atoms with Crippen LogP contribution in [0.25, 0.3) is 11.3 Å². The zero-order valence-electron chi connectivity index (χ0n) is 17.2. The smallest absolute Gasteiger partial charge is 0.255 e. The number of carbonyl (C=O) groups excluding carboxylic acids is 1. The molecule has 0 aliphatic rings. The number of rotatable bonds is 5. The number of aromatic nitrogens is 2. The second-order valence-electron chi connectivity index (χ2n) is 7.17. The van der Waals surface area contributed by atoms with E-state index < -0.39 is 0 Å². The van der Waals surface area contributed by atoms with Crippen molar-refractivity contribution in [3.05, 3.63) is 100 Å². The summed E-state index contributed by atoms with van der Waals surface area (Å²) in [6.07, 6.45) is 0. The van der Waals surface area contributed by atoms with Crippen LogP contribution in [-0.4, -0.2) is 15.9 Å². The van der Waals surface area contributed by atoms with Crippen LogP contribution in [0.1, 0.15) is 21.7 Å². The topological polar surface area (TPSA) is 66.9 Å². The summed E-state index contributed by atoms with van der Waals surface area (Å²) in [5, 5.41) is 6.27. The molecule has 0 saturated heterocycles. The van der Waals surface area contributed by atoms with Gasteiger partial charge in [0.15, 0.2) is 0 Å². The van der Waals surface area contributed by atoms with Crippen molar-refractivity contribution in [1.82, 2.24) is 9.97 Å². The molecule has 4 rings (SSSR count). The summed E-state index contributed by atoms with van der Waals surface area (Å²) in [5.74, 6) is 1.18. The highest BCUT2D eigenvalue weighted by Gasteiger charge is 2.10. The number of carbonyl (C=O) groups is 1. The molecule has 154 valence electrons. The summed E-state index contributed by atoms with van der Waals surface area (Å²) in [5.41, 5.74) is 4.97. The first-order valence-corrected chi connectivity index (χ1v) is 10.6. The second kappa shape index (κ2) is 9.10. The van der Waals surface area contributed by atoms with Crippen molar-refractivity contribution >= 4 is 39.0 Å². The third-order valence-electron chi connectivity index (χ3n) is 4.74. The van der Waals surface area contributed by atoms with Crippen LogP contribution in [0, 0.1) is 13.8 Å². The number of anilines is 3. The molecular formula is C25H21BrN4O. The van der Waals surface area contributed by atoms with E-state index in [4.69, 9.17) is 0 Å². The van der Waals surface area contributed by atoms with E-state index in [2.05, 4.69) is 36.5 Å². The predicted octanol–water partition coefficient (Wildman–Crippen LogP) is 6.52. The number of nitrogens with one attached hydrogen (secondary N) is 2. The van der Waals surface area contributed by atoms with E-state index in [1.54, 1.807) is 6.07 Å². The van der Waals surface area contributed by atoms with Gasteiger partial charge in [-0.05, 0) is 55.8 Å². The maximum absolute atomic E-state index is 12.8. The van der Waals surface area contributed by atoms with Crippen LogP contribution in [0.4, 0.5) is 17.2 Å². The minimum absolute atomic E-state index is 0.169. The van der Waals surface area contributed by atoms with Crippen molar-refractivity contribution in [3.63, 3.8) is 0 Å². The van der Waals surface area contributed by atoms with Crippen LogP contribution in [0.15, 0.2) is 83.3 Å². The molecule has 4 aromatic rings. The quantitative estimate of drug-likeness (QED) is 0.346. The molecule has 3 aromatic carbocycles. The Morgan fingerprint density at radius 3 is 2.45 bits per heavy atom. The number of halogens is 1. The molecule has 0 unspecified atom stereocenters. The van der Waals surface area contributed by atoms with Crippen LogP contribution >= 0.6 is 15.9 Å². The summed E-state index contributed by atoms with van der Waals surface area (Å²) >= 11 is 3.44. The van der Waals surface area contributed by atoms with Crippen molar-refractivity contribution in [2.75, 3.05) is 10.6 Å². The lowest BCUT2D eigenvalue weighted by Crippen LogP contribution is -2.13. The van der Waals surface area contributed by atoms with Gasteiger partial charge in [-0.2, -0.15) is 0 Å². The molecule has 0 atom stereocenters. The zero-order valence-corrected chi connectivity index (χ0v) is 18.8. The van der Waals surface area contributed by atoms with E-state index in [-0.39, 0.29) is 5.91 Å². The Hall–Kier alpha value is -3.51. The van der Waals surface area contributed by atoms with Crippen molar-refractivity contribution in [2.45, 2.75) is 13.8 Å². The third-order valence-corrected chi connectivity index (χ3v) is 5.23. The predicted molar refractivity (Wildman–Crippen MR) is 129 cm³/mol. The lowest BCUT2D eigenvalue weighted by molar-refractivity contribution is 0.102. The first-order chi connectivity index (χ1) is 15.0. The third kappa shape index (κ3) is 5.16. The van der Waals surface area contributed by atoms with Gasteiger partial charge in [0.25, 0.3) is 5.91 Å². The van der Waals surface area contributed by atoms with Crippen LogP contribution in [0.3, 0.4) is 0 Å². The molecule has 0 spiro atoms. The number of nitrogens with zero attached hydrogens (tertiary/aromatic N) is 2. The molecule has 0 fully saturated rings.